The van der Waals surface area contributed by atoms with Crippen LogP contribution in [0.5, 0.6) is 11.5 Å². The summed E-state index contributed by atoms with van der Waals surface area (Å²) in [5.74, 6) is 1.26. The van der Waals surface area contributed by atoms with Crippen molar-refractivity contribution in [2.45, 2.75) is 180 Å². The first kappa shape index (κ1) is 59.6. The second-order valence-corrected chi connectivity index (χ2v) is 20.7. The SMILES string of the molecule is [B][C@@H]1O[C@H](COC(c2ccccc2)(c2ccc(OC)cc2)c2ccc(OC)cc2)[C@H](OP(OCC[N+]#[C-])N(C(C)C)C(C)C)C1C/C=C/CCCCNC(=O)NCCCCCCCCCCCCCCC. The summed E-state index contributed by atoms with van der Waals surface area (Å²) in [5, 5.41) is 6.06. The van der Waals surface area contributed by atoms with Gasteiger partial charge >= 0.3 is 6.03 Å². The Morgan fingerprint density at radius 2 is 1.25 bits per heavy atom. The van der Waals surface area contributed by atoms with E-state index in [1.165, 1.54) is 77.0 Å². The molecule has 1 aliphatic rings. The van der Waals surface area contributed by atoms with Crippen LogP contribution in [0.3, 0.4) is 0 Å². The van der Waals surface area contributed by atoms with Crippen molar-refractivity contribution < 1.29 is 32.8 Å². The van der Waals surface area contributed by atoms with Gasteiger partial charge in [-0.15, -0.1) is 0 Å². The number of amides is 2. The molecule has 1 aliphatic heterocycles. The molecule has 1 heterocycles. The monoisotopic (exact) mass is 995 g/mol. The van der Waals surface area contributed by atoms with Crippen molar-refractivity contribution in [3.05, 3.63) is 119 Å². The number of unbranched alkanes of at least 4 members (excludes halogenated alkanes) is 14. The number of rotatable bonds is 37. The highest BCUT2D eigenvalue weighted by Crippen LogP contribution is 2.51. The molecule has 5 atom stereocenters. The van der Waals surface area contributed by atoms with Crippen LogP contribution in [0.25, 0.3) is 4.85 Å². The Morgan fingerprint density at radius 3 is 1.76 bits per heavy atom. The van der Waals surface area contributed by atoms with Gasteiger partial charge < -0.3 is 43.5 Å². The first-order valence-electron chi connectivity index (χ1n) is 26.9. The first-order chi connectivity index (χ1) is 34.6. The molecule has 71 heavy (non-hydrogen) atoms. The molecule has 2 unspecified atom stereocenters. The number of benzene rings is 3. The van der Waals surface area contributed by atoms with Crippen LogP contribution in [0.2, 0.25) is 0 Å². The highest BCUT2D eigenvalue weighted by atomic mass is 31.2. The summed E-state index contributed by atoms with van der Waals surface area (Å²) in [7, 11) is 8.65. The zero-order valence-corrected chi connectivity index (χ0v) is 45.4. The number of hydrogen-bond donors (Lipinski definition) is 2. The first-order valence-corrected chi connectivity index (χ1v) is 28.0. The van der Waals surface area contributed by atoms with Crippen molar-refractivity contribution in [3.8, 4) is 11.5 Å². The Kier molecular flexibility index (Phi) is 28.9. The fourth-order valence-corrected chi connectivity index (χ4v) is 11.2. The normalized spacial score (nSPS) is 17.5. The lowest BCUT2D eigenvalue weighted by Crippen LogP contribution is -2.41. The van der Waals surface area contributed by atoms with Gasteiger partial charge in [-0.2, -0.15) is 0 Å². The fraction of sp³-hybridized carbons (Fsp3) is 0.621. The van der Waals surface area contributed by atoms with Crippen LogP contribution in [0.4, 0.5) is 4.79 Å². The van der Waals surface area contributed by atoms with Gasteiger partial charge in [0, 0.05) is 37.1 Å². The number of allylic oxidation sites excluding steroid dienone is 2. The van der Waals surface area contributed by atoms with E-state index in [2.05, 4.69) is 79.1 Å². The minimum absolute atomic E-state index is 0.0835. The summed E-state index contributed by atoms with van der Waals surface area (Å²) in [4.78, 5) is 16.0. The Balaban J connectivity index is 1.40. The van der Waals surface area contributed by atoms with Crippen molar-refractivity contribution in [2.75, 3.05) is 47.1 Å². The van der Waals surface area contributed by atoms with Crippen molar-refractivity contribution in [1.29, 1.82) is 0 Å². The molecule has 0 aliphatic carbocycles. The fourth-order valence-electron chi connectivity index (χ4n) is 9.43. The zero-order valence-electron chi connectivity index (χ0n) is 44.5. The Labute approximate surface area is 432 Å². The second kappa shape index (κ2) is 34.5. The summed E-state index contributed by atoms with van der Waals surface area (Å²) in [6.45, 7) is 20.2. The predicted molar refractivity (Wildman–Crippen MR) is 292 cm³/mol. The molecule has 0 aromatic heterocycles. The lowest BCUT2D eigenvalue weighted by Gasteiger charge is -2.39. The number of methoxy groups -OCH3 is 2. The van der Waals surface area contributed by atoms with Gasteiger partial charge in [0.05, 0.1) is 26.9 Å². The molecule has 2 amide bonds. The van der Waals surface area contributed by atoms with E-state index in [-0.39, 0.29) is 43.8 Å². The molecule has 2 radical (unpaired) electrons. The lowest BCUT2D eigenvalue weighted by molar-refractivity contribution is -0.0717. The molecule has 0 saturated carbocycles. The number of urea groups is 1. The molecule has 1 fully saturated rings. The van der Waals surface area contributed by atoms with E-state index in [0.29, 0.717) is 13.0 Å². The van der Waals surface area contributed by atoms with Gasteiger partial charge in [-0.3, -0.25) is 0 Å². The molecule has 0 spiro atoms. The highest BCUT2D eigenvalue weighted by Gasteiger charge is 2.47. The van der Waals surface area contributed by atoms with Gasteiger partial charge in [0.1, 0.15) is 37.7 Å². The minimum Gasteiger partial charge on any atom is -0.497 e. The maximum absolute atomic E-state index is 12.5. The molecule has 13 heteroatoms. The Hall–Kier alpha value is -3.95. The maximum atomic E-state index is 12.5. The highest BCUT2D eigenvalue weighted by molar-refractivity contribution is 7.44. The number of carbonyl (C=O) groups is 1. The number of ether oxygens (including phenoxy) is 4. The van der Waals surface area contributed by atoms with Crippen LogP contribution in [0.1, 0.15) is 160 Å². The van der Waals surface area contributed by atoms with Gasteiger partial charge in [-0.25, -0.2) is 16.0 Å². The van der Waals surface area contributed by atoms with E-state index < -0.39 is 32.3 Å². The summed E-state index contributed by atoms with van der Waals surface area (Å²) in [6.07, 6.45) is 23.7. The summed E-state index contributed by atoms with van der Waals surface area (Å²) < 4.78 is 41.1. The third-order valence-electron chi connectivity index (χ3n) is 13.3. The average Bonchev–Trinajstić information content (AvgIpc) is 3.67. The molecule has 0 bridgehead atoms. The second-order valence-electron chi connectivity index (χ2n) is 19.3. The zero-order chi connectivity index (χ0) is 51.1. The van der Waals surface area contributed by atoms with E-state index in [1.54, 1.807) is 14.2 Å². The number of nitrogens with one attached hydrogen (secondary N) is 2. The average molecular weight is 995 g/mol. The van der Waals surface area contributed by atoms with Crippen LogP contribution < -0.4 is 20.1 Å². The topological polar surface area (TPSA) is 104 Å². The van der Waals surface area contributed by atoms with E-state index in [4.69, 9.17) is 42.4 Å². The molecule has 3 aromatic rings. The molecule has 2 N–H and O–H groups in total. The molecular weight excluding hydrogens is 906 g/mol. The molecule has 1 saturated heterocycles. The molecular formula is C58H88BN4O7P. The quantitative estimate of drug-likeness (QED) is 0.0147. The van der Waals surface area contributed by atoms with Crippen LogP contribution in [-0.4, -0.2) is 95.9 Å². The summed E-state index contributed by atoms with van der Waals surface area (Å²) in [6, 6.07) is 25.7. The van der Waals surface area contributed by atoms with Crippen LogP contribution in [0, 0.1) is 12.5 Å². The van der Waals surface area contributed by atoms with Crippen molar-refractivity contribution in [3.63, 3.8) is 0 Å². The van der Waals surface area contributed by atoms with Crippen LogP contribution in [-0.2, 0) is 24.1 Å². The summed E-state index contributed by atoms with van der Waals surface area (Å²) in [5.41, 5.74) is 1.68. The van der Waals surface area contributed by atoms with Crippen molar-refractivity contribution in [2.24, 2.45) is 5.92 Å². The van der Waals surface area contributed by atoms with Gasteiger partial charge in [0.25, 0.3) is 8.53 Å². The van der Waals surface area contributed by atoms with Crippen LogP contribution >= 0.6 is 8.53 Å². The van der Waals surface area contributed by atoms with Gasteiger partial charge in [-0.05, 0) is 101 Å². The van der Waals surface area contributed by atoms with Gasteiger partial charge in [-0.1, -0.05) is 151 Å². The predicted octanol–water partition coefficient (Wildman–Crippen LogP) is 13.7. The minimum atomic E-state index is -1.62. The Bertz CT molecular complexity index is 1880. The smallest absolute Gasteiger partial charge is 0.314 e. The number of nitrogens with zero attached hydrogens (tertiary/aromatic N) is 2. The van der Waals surface area contributed by atoms with Crippen LogP contribution in [0.15, 0.2) is 91.0 Å². The van der Waals surface area contributed by atoms with E-state index in [9.17, 15) is 4.79 Å². The summed E-state index contributed by atoms with van der Waals surface area (Å²) >= 11 is 0. The molecule has 3 aromatic carbocycles. The third kappa shape index (κ3) is 20.1. The van der Waals surface area contributed by atoms with E-state index in [1.807, 2.05) is 66.7 Å². The number of hydrogen-bond acceptors (Lipinski definition) is 8. The van der Waals surface area contributed by atoms with Gasteiger partial charge in [0.2, 0.25) is 6.54 Å². The van der Waals surface area contributed by atoms with Crippen molar-refractivity contribution in [1.82, 2.24) is 15.3 Å². The molecule has 11 nitrogen and oxygen atoms in total. The third-order valence-corrected chi connectivity index (χ3v) is 15.4. The Morgan fingerprint density at radius 1 is 0.746 bits per heavy atom. The largest absolute Gasteiger partial charge is 0.497 e. The maximum Gasteiger partial charge on any atom is 0.314 e. The molecule has 390 valence electrons. The molecule has 4 rings (SSSR count). The van der Waals surface area contributed by atoms with E-state index >= 15 is 0 Å². The lowest BCUT2D eigenvalue weighted by atomic mass is 9.79. The number of carbonyl (C=O) groups excluding carboxylic acids is 1. The standard InChI is InChI=1S/C58H88BN4O7P/c1-9-10-11-12-13-14-15-16-17-18-19-22-28-41-61-57(64)62-42-29-23-20-21-27-32-53-55(70-71(68-44-43-60-6)63(46(2)3)47(4)5)54(69-56(53)59)45-67-58(48-30-25-24-26-31-48,49-33-37-51(65-7)38-34-49)50-35-39-52(66-8)40-36-50/h21,24-27,30-31,33-40,46-47,53-56H,9-20,22-23,28-29,32,41-45H2,1-5,7-8H3,(H2,61,62,64)/b27-21+/t53?,54-,55-,56-,71?/m1/s1. The van der Waals surface area contributed by atoms with E-state index in [0.717, 1.165) is 60.4 Å². The van der Waals surface area contributed by atoms with Crippen molar-refractivity contribution >= 4 is 22.4 Å². The van der Waals surface area contributed by atoms with Gasteiger partial charge in [0.15, 0.2) is 0 Å².